The van der Waals surface area contributed by atoms with Crippen LogP contribution in [0.4, 0.5) is 0 Å². The summed E-state index contributed by atoms with van der Waals surface area (Å²) in [5.74, 6) is 0. The summed E-state index contributed by atoms with van der Waals surface area (Å²) >= 11 is 1.71. The van der Waals surface area contributed by atoms with Gasteiger partial charge in [-0.05, 0) is 18.4 Å². The molecule has 0 bridgehead atoms. The van der Waals surface area contributed by atoms with Crippen LogP contribution in [0.5, 0.6) is 0 Å². The van der Waals surface area contributed by atoms with Gasteiger partial charge in [0.15, 0.2) is 0 Å². The first-order chi connectivity index (χ1) is 11.4. The van der Waals surface area contributed by atoms with Crippen LogP contribution in [-0.4, -0.2) is 27.7 Å². The predicted octanol–water partition coefficient (Wildman–Crippen LogP) is 4.02. The summed E-state index contributed by atoms with van der Waals surface area (Å²) in [6.45, 7) is 2.08. The van der Waals surface area contributed by atoms with E-state index in [1.807, 2.05) is 18.2 Å². The van der Waals surface area contributed by atoms with Crippen molar-refractivity contribution < 1.29 is 0 Å². The highest BCUT2D eigenvalue weighted by molar-refractivity contribution is 7.14. The predicted molar refractivity (Wildman–Crippen MR) is 94.3 cm³/mol. The zero-order valence-electron chi connectivity index (χ0n) is 12.9. The number of rotatable bonds is 5. The molecule has 1 unspecified atom stereocenters. The summed E-state index contributed by atoms with van der Waals surface area (Å²) in [4.78, 5) is 2.52. The first kappa shape index (κ1) is 14.5. The van der Waals surface area contributed by atoms with Crippen molar-refractivity contribution >= 4 is 11.3 Å². The molecule has 0 spiro atoms. The maximum Gasteiger partial charge on any atom is 0.147 e. The molecule has 1 aliphatic rings. The van der Waals surface area contributed by atoms with Gasteiger partial charge >= 0.3 is 0 Å². The lowest BCUT2D eigenvalue weighted by Gasteiger charge is -2.40. The summed E-state index contributed by atoms with van der Waals surface area (Å²) in [6, 6.07) is 21.7. The molecule has 0 radical (unpaired) electrons. The van der Waals surface area contributed by atoms with Crippen LogP contribution in [0.1, 0.15) is 17.0 Å². The third-order valence-electron chi connectivity index (χ3n) is 4.41. The Kier molecular flexibility index (Phi) is 4.18. The second-order valence-electron chi connectivity index (χ2n) is 5.97. The summed E-state index contributed by atoms with van der Waals surface area (Å²) in [5, 5.41) is 10.9. The van der Waals surface area contributed by atoms with Crippen molar-refractivity contribution in [2.75, 3.05) is 6.54 Å². The minimum atomic E-state index is 0.640. The van der Waals surface area contributed by atoms with E-state index in [1.165, 1.54) is 12.0 Å². The average molecular weight is 321 g/mol. The largest absolute Gasteiger partial charge is 0.293 e. The standard InChI is InChI=1S/C19H19N3S/c1-3-7-15(8-4-1)13-17-11-12-22(17)14-18-20-21-19(23-18)16-9-5-2-6-10-16/h1-10,17H,11-14H2. The van der Waals surface area contributed by atoms with E-state index in [9.17, 15) is 0 Å². The molecule has 3 aromatic rings. The summed E-state index contributed by atoms with van der Waals surface area (Å²) < 4.78 is 0. The van der Waals surface area contributed by atoms with Crippen LogP contribution >= 0.6 is 11.3 Å². The molecule has 0 amide bonds. The van der Waals surface area contributed by atoms with Gasteiger partial charge < -0.3 is 0 Å². The van der Waals surface area contributed by atoms with Gasteiger partial charge in [0, 0.05) is 18.2 Å². The quantitative estimate of drug-likeness (QED) is 0.710. The summed E-state index contributed by atoms with van der Waals surface area (Å²) in [7, 11) is 0. The van der Waals surface area contributed by atoms with Crippen LogP contribution in [-0.2, 0) is 13.0 Å². The molecule has 0 aliphatic carbocycles. The van der Waals surface area contributed by atoms with Crippen molar-refractivity contribution in [1.82, 2.24) is 15.1 Å². The fourth-order valence-corrected chi connectivity index (χ4v) is 3.88. The van der Waals surface area contributed by atoms with E-state index in [1.54, 1.807) is 11.3 Å². The van der Waals surface area contributed by atoms with Gasteiger partial charge in [-0.3, -0.25) is 4.90 Å². The number of hydrogen-bond donors (Lipinski definition) is 0. The second-order valence-corrected chi connectivity index (χ2v) is 7.03. The molecular weight excluding hydrogens is 302 g/mol. The Morgan fingerprint density at radius 2 is 1.70 bits per heavy atom. The van der Waals surface area contributed by atoms with E-state index in [4.69, 9.17) is 0 Å². The highest BCUT2D eigenvalue weighted by atomic mass is 32.1. The fourth-order valence-electron chi connectivity index (χ4n) is 3.01. The Bertz CT molecular complexity index is 755. The minimum Gasteiger partial charge on any atom is -0.293 e. The lowest BCUT2D eigenvalue weighted by atomic mass is 9.95. The molecule has 0 saturated carbocycles. The average Bonchev–Trinajstić information content (AvgIpc) is 3.07. The zero-order chi connectivity index (χ0) is 15.5. The van der Waals surface area contributed by atoms with Gasteiger partial charge in [0.1, 0.15) is 10.0 Å². The highest BCUT2D eigenvalue weighted by Crippen LogP contribution is 2.28. The van der Waals surface area contributed by atoms with Crippen LogP contribution in [0.25, 0.3) is 10.6 Å². The molecular formula is C19H19N3S. The maximum atomic E-state index is 4.38. The van der Waals surface area contributed by atoms with Crippen LogP contribution in [0, 0.1) is 0 Å². The topological polar surface area (TPSA) is 29.0 Å². The molecule has 1 fully saturated rings. The van der Waals surface area contributed by atoms with E-state index in [0.29, 0.717) is 6.04 Å². The smallest absolute Gasteiger partial charge is 0.147 e. The van der Waals surface area contributed by atoms with Crippen LogP contribution in [0.3, 0.4) is 0 Å². The Morgan fingerprint density at radius 1 is 0.957 bits per heavy atom. The van der Waals surface area contributed by atoms with Crippen molar-refractivity contribution in [2.45, 2.75) is 25.4 Å². The second kappa shape index (κ2) is 6.60. The molecule has 3 nitrogen and oxygen atoms in total. The van der Waals surface area contributed by atoms with Crippen molar-refractivity contribution in [1.29, 1.82) is 0 Å². The van der Waals surface area contributed by atoms with E-state index in [2.05, 4.69) is 57.6 Å². The van der Waals surface area contributed by atoms with Crippen molar-refractivity contribution in [3.63, 3.8) is 0 Å². The van der Waals surface area contributed by atoms with Gasteiger partial charge in [0.05, 0.1) is 6.54 Å². The van der Waals surface area contributed by atoms with E-state index in [0.717, 1.165) is 35.1 Å². The van der Waals surface area contributed by atoms with Crippen molar-refractivity contribution in [2.24, 2.45) is 0 Å². The number of aromatic nitrogens is 2. The first-order valence-electron chi connectivity index (χ1n) is 8.04. The zero-order valence-corrected chi connectivity index (χ0v) is 13.7. The Labute approximate surface area is 140 Å². The third-order valence-corrected chi connectivity index (χ3v) is 5.36. The fraction of sp³-hybridized carbons (Fsp3) is 0.263. The number of benzene rings is 2. The van der Waals surface area contributed by atoms with Gasteiger partial charge in [0.25, 0.3) is 0 Å². The van der Waals surface area contributed by atoms with Crippen LogP contribution in [0.15, 0.2) is 60.7 Å². The number of nitrogens with zero attached hydrogens (tertiary/aromatic N) is 3. The molecule has 4 rings (SSSR count). The molecule has 116 valence electrons. The minimum absolute atomic E-state index is 0.640. The number of hydrogen-bond acceptors (Lipinski definition) is 4. The molecule has 1 aromatic heterocycles. The number of likely N-dealkylation sites (tertiary alicyclic amines) is 1. The van der Waals surface area contributed by atoms with Gasteiger partial charge in [-0.2, -0.15) is 0 Å². The van der Waals surface area contributed by atoms with E-state index < -0.39 is 0 Å². The molecule has 2 aromatic carbocycles. The molecule has 1 saturated heterocycles. The molecule has 0 N–H and O–H groups in total. The first-order valence-corrected chi connectivity index (χ1v) is 8.86. The summed E-state index contributed by atoms with van der Waals surface area (Å²) in [5.41, 5.74) is 2.57. The lowest BCUT2D eigenvalue weighted by molar-refractivity contribution is 0.0818. The van der Waals surface area contributed by atoms with Crippen molar-refractivity contribution in [3.8, 4) is 10.6 Å². The lowest BCUT2D eigenvalue weighted by Crippen LogP contribution is -2.48. The SMILES string of the molecule is c1ccc(CC2CCN2Cc2nnc(-c3ccccc3)s2)cc1. The van der Waals surface area contributed by atoms with E-state index in [-0.39, 0.29) is 0 Å². The third kappa shape index (κ3) is 3.33. The molecule has 2 heterocycles. The van der Waals surface area contributed by atoms with Gasteiger partial charge in [-0.25, -0.2) is 0 Å². The van der Waals surface area contributed by atoms with Gasteiger partial charge in [-0.1, -0.05) is 72.0 Å². The Balaban J connectivity index is 1.40. The van der Waals surface area contributed by atoms with Gasteiger partial charge in [0.2, 0.25) is 0 Å². The highest BCUT2D eigenvalue weighted by Gasteiger charge is 2.28. The van der Waals surface area contributed by atoms with Crippen LogP contribution in [0.2, 0.25) is 0 Å². The van der Waals surface area contributed by atoms with Gasteiger partial charge in [-0.15, -0.1) is 10.2 Å². The molecule has 4 heteroatoms. The van der Waals surface area contributed by atoms with Crippen LogP contribution < -0.4 is 0 Å². The van der Waals surface area contributed by atoms with Crippen molar-refractivity contribution in [3.05, 3.63) is 71.2 Å². The molecule has 23 heavy (non-hydrogen) atoms. The monoisotopic (exact) mass is 321 g/mol. The summed E-state index contributed by atoms with van der Waals surface area (Å²) in [6.07, 6.45) is 2.41. The normalized spacial score (nSPS) is 17.8. The Hall–Kier alpha value is -2.04. The molecule has 1 aliphatic heterocycles. The Morgan fingerprint density at radius 3 is 2.39 bits per heavy atom. The molecule has 1 atom stereocenters. The van der Waals surface area contributed by atoms with E-state index >= 15 is 0 Å². The maximum absolute atomic E-state index is 4.38.